The maximum absolute atomic E-state index is 11.3. The predicted octanol–water partition coefficient (Wildman–Crippen LogP) is 0.909. The number of benzene rings is 1. The molecule has 110 valence electrons. The molecule has 0 bridgehead atoms. The molecule has 0 radical (unpaired) electrons. The molecule has 0 aliphatic heterocycles. The number of non-ortho nitro benzene ring substituents is 1. The SMILES string of the molecule is O=[14C](N[C@H](CO)[C@H](O)c1ccc([N+](=O)[O-])cc1)C(Cl)Cl. The Bertz CT molecular complexity index is 480. The van der Waals surface area contributed by atoms with E-state index >= 15 is 0 Å². The first-order valence-electron chi connectivity index (χ1n) is 5.48. The summed E-state index contributed by atoms with van der Waals surface area (Å²) in [7, 11) is 0. The van der Waals surface area contributed by atoms with E-state index in [1.807, 2.05) is 0 Å². The molecule has 0 spiro atoms. The number of halogens is 2. The summed E-state index contributed by atoms with van der Waals surface area (Å²) in [4.78, 5) is 19.9. The van der Waals surface area contributed by atoms with Crippen molar-refractivity contribution >= 4 is 34.8 Å². The lowest BCUT2D eigenvalue weighted by molar-refractivity contribution is -0.384. The molecule has 1 aromatic rings. The molecule has 0 fully saturated rings. The fraction of sp³-hybridized carbons (Fsp3) is 0.364. The van der Waals surface area contributed by atoms with Crippen LogP contribution in [-0.4, -0.2) is 38.5 Å². The Morgan fingerprint density at radius 3 is 2.30 bits per heavy atom. The van der Waals surface area contributed by atoms with Crippen LogP contribution in [0.5, 0.6) is 0 Å². The van der Waals surface area contributed by atoms with E-state index in [4.69, 9.17) is 28.3 Å². The Hall–Kier alpha value is -1.41. The Balaban J connectivity index is 2.82. The first-order chi connectivity index (χ1) is 9.36. The minimum Gasteiger partial charge on any atom is -0.394 e. The van der Waals surface area contributed by atoms with Crippen molar-refractivity contribution in [2.24, 2.45) is 0 Å². The molecular formula is C11H12Cl2N2O5. The second-order valence-electron chi connectivity index (χ2n) is 3.89. The van der Waals surface area contributed by atoms with Gasteiger partial charge in [0.2, 0.25) is 0 Å². The number of alkyl halides is 2. The molecule has 0 unspecified atom stereocenters. The number of rotatable bonds is 6. The van der Waals surface area contributed by atoms with Gasteiger partial charge >= 0.3 is 0 Å². The van der Waals surface area contributed by atoms with Crippen molar-refractivity contribution in [3.8, 4) is 0 Å². The van der Waals surface area contributed by atoms with Gasteiger partial charge in [-0.25, -0.2) is 0 Å². The first kappa shape index (κ1) is 16.6. The number of nitro groups is 1. The van der Waals surface area contributed by atoms with Crippen molar-refractivity contribution in [1.82, 2.24) is 5.32 Å². The number of nitrogens with zero attached hydrogens (tertiary/aromatic N) is 1. The van der Waals surface area contributed by atoms with Gasteiger partial charge < -0.3 is 15.5 Å². The van der Waals surface area contributed by atoms with Crippen LogP contribution in [0.3, 0.4) is 0 Å². The lowest BCUT2D eigenvalue weighted by Gasteiger charge is -2.22. The number of amides is 1. The molecule has 0 aliphatic carbocycles. The molecule has 0 aromatic heterocycles. The summed E-state index contributed by atoms with van der Waals surface area (Å²) in [5, 5.41) is 31.9. The summed E-state index contributed by atoms with van der Waals surface area (Å²) in [5.74, 6) is -0.756. The van der Waals surface area contributed by atoms with Crippen LogP contribution in [0.2, 0.25) is 0 Å². The van der Waals surface area contributed by atoms with Gasteiger partial charge in [-0.2, -0.15) is 0 Å². The number of hydrogen-bond donors (Lipinski definition) is 3. The number of carbonyl (C=O) groups is 1. The van der Waals surface area contributed by atoms with E-state index in [0.717, 1.165) is 0 Å². The van der Waals surface area contributed by atoms with Crippen molar-refractivity contribution < 1.29 is 19.9 Å². The van der Waals surface area contributed by atoms with Gasteiger partial charge in [-0.05, 0) is 17.7 Å². The minimum absolute atomic E-state index is 0.132. The van der Waals surface area contributed by atoms with E-state index in [2.05, 4.69) is 5.32 Å². The molecule has 3 N–H and O–H groups in total. The molecule has 0 saturated carbocycles. The van der Waals surface area contributed by atoms with Gasteiger partial charge in [-0.3, -0.25) is 14.9 Å². The van der Waals surface area contributed by atoms with Gasteiger partial charge in [0, 0.05) is 12.1 Å². The number of nitrogens with one attached hydrogen (secondary N) is 1. The van der Waals surface area contributed by atoms with Crippen LogP contribution in [0, 0.1) is 10.1 Å². The fourth-order valence-electron chi connectivity index (χ4n) is 1.50. The quantitative estimate of drug-likeness (QED) is 0.409. The Morgan fingerprint density at radius 2 is 1.90 bits per heavy atom. The molecule has 20 heavy (non-hydrogen) atoms. The molecule has 7 nitrogen and oxygen atoms in total. The molecule has 0 aliphatic rings. The van der Waals surface area contributed by atoms with E-state index < -0.39 is 34.4 Å². The maximum Gasteiger partial charge on any atom is 0.269 e. The van der Waals surface area contributed by atoms with Gasteiger partial charge in [0.25, 0.3) is 11.6 Å². The number of nitro benzene ring substituents is 1. The van der Waals surface area contributed by atoms with Gasteiger partial charge in [-0.15, -0.1) is 0 Å². The van der Waals surface area contributed by atoms with Crippen molar-refractivity contribution in [1.29, 1.82) is 0 Å². The van der Waals surface area contributed by atoms with Crippen LogP contribution >= 0.6 is 23.2 Å². The van der Waals surface area contributed by atoms with E-state index in [1.54, 1.807) is 0 Å². The van der Waals surface area contributed by atoms with Gasteiger partial charge in [0.05, 0.1) is 17.6 Å². The third-order valence-corrected chi connectivity index (χ3v) is 2.95. The topological polar surface area (TPSA) is 113 Å². The summed E-state index contributed by atoms with van der Waals surface area (Å²) < 4.78 is 0. The zero-order valence-corrected chi connectivity index (χ0v) is 11.6. The largest absolute Gasteiger partial charge is 0.394 e. The second-order valence-corrected chi connectivity index (χ2v) is 4.99. The van der Waals surface area contributed by atoms with Crippen LogP contribution in [0.25, 0.3) is 0 Å². The average Bonchev–Trinajstić information content (AvgIpc) is 2.43. The lowest BCUT2D eigenvalue weighted by atomic mass is 10.0. The van der Waals surface area contributed by atoms with Crippen LogP contribution < -0.4 is 5.32 Å². The number of aliphatic hydroxyl groups is 2. The van der Waals surface area contributed by atoms with Crippen LogP contribution in [-0.2, 0) is 4.79 Å². The van der Waals surface area contributed by atoms with Gasteiger partial charge in [0.1, 0.15) is 6.10 Å². The number of carbonyl (C=O) groups excluding carboxylic acids is 1. The third-order valence-electron chi connectivity index (χ3n) is 2.55. The van der Waals surface area contributed by atoms with Gasteiger partial charge in [0.15, 0.2) is 4.84 Å². The molecule has 9 heteroatoms. The molecule has 1 amide bonds. The van der Waals surface area contributed by atoms with Crippen LogP contribution in [0.4, 0.5) is 5.69 Å². The Kier molecular flexibility index (Phi) is 6.15. The van der Waals surface area contributed by atoms with Crippen molar-refractivity contribution in [2.45, 2.75) is 17.0 Å². The van der Waals surface area contributed by atoms with Crippen molar-refractivity contribution in [2.75, 3.05) is 6.61 Å². The molecule has 1 rings (SSSR count). The standard InChI is InChI=1S/C11H12Cl2N2O5/c12-10(13)11(18)14-8(5-16)9(17)6-1-3-7(4-2-6)15(19)20/h1-4,8-10,16-17H,5H2,(H,14,18)/t8-,9-/m1/s1/i11+2. The van der Waals surface area contributed by atoms with Crippen LogP contribution in [0.1, 0.15) is 11.7 Å². The Labute approximate surface area is 124 Å². The lowest BCUT2D eigenvalue weighted by Crippen LogP contribution is -2.44. The molecule has 0 heterocycles. The highest BCUT2D eigenvalue weighted by Crippen LogP contribution is 2.20. The average molecular weight is 325 g/mol. The third kappa shape index (κ3) is 4.31. The fourth-order valence-corrected chi connectivity index (χ4v) is 1.62. The van der Waals surface area contributed by atoms with Crippen molar-refractivity contribution in [3.63, 3.8) is 0 Å². The molecular weight excluding hydrogens is 313 g/mol. The minimum atomic E-state index is -1.33. The second kappa shape index (κ2) is 7.39. The number of aliphatic hydroxyl groups excluding tert-OH is 2. The summed E-state index contributed by atoms with van der Waals surface area (Å²) in [5.41, 5.74) is 0.169. The van der Waals surface area contributed by atoms with E-state index in [0.29, 0.717) is 5.56 Å². The maximum atomic E-state index is 11.3. The summed E-state index contributed by atoms with van der Waals surface area (Å²) in [6, 6.07) is 4.05. The zero-order chi connectivity index (χ0) is 15.3. The first-order valence-corrected chi connectivity index (χ1v) is 6.36. The highest BCUT2D eigenvalue weighted by atomic mass is 35.5. The van der Waals surface area contributed by atoms with Gasteiger partial charge in [-0.1, -0.05) is 23.2 Å². The molecule has 1 aromatic carbocycles. The van der Waals surface area contributed by atoms with E-state index in [9.17, 15) is 20.0 Å². The van der Waals surface area contributed by atoms with Crippen molar-refractivity contribution in [3.05, 3.63) is 39.9 Å². The summed E-state index contributed by atoms with van der Waals surface area (Å²) >= 11 is 10.7. The Morgan fingerprint density at radius 1 is 1.35 bits per heavy atom. The monoisotopic (exact) mass is 324 g/mol. The molecule has 2 atom stereocenters. The summed E-state index contributed by atoms with van der Waals surface area (Å²) in [6.45, 7) is -0.551. The van der Waals surface area contributed by atoms with Crippen LogP contribution in [0.15, 0.2) is 24.3 Å². The highest BCUT2D eigenvalue weighted by Gasteiger charge is 2.24. The smallest absolute Gasteiger partial charge is 0.269 e. The van der Waals surface area contributed by atoms with E-state index in [1.165, 1.54) is 24.3 Å². The normalized spacial score (nSPS) is 13.8. The summed E-state index contributed by atoms with van der Waals surface area (Å²) in [6.07, 6.45) is -1.25. The highest BCUT2D eigenvalue weighted by molar-refractivity contribution is 6.53. The molecule has 0 saturated heterocycles. The van der Waals surface area contributed by atoms with E-state index in [-0.39, 0.29) is 5.69 Å². The zero-order valence-electron chi connectivity index (χ0n) is 10.1. The number of hydrogen-bond acceptors (Lipinski definition) is 5. The predicted molar refractivity (Wildman–Crippen MR) is 72.6 cm³/mol.